The van der Waals surface area contributed by atoms with Crippen molar-refractivity contribution in [3.8, 4) is 0 Å². The second-order valence-corrected chi connectivity index (χ2v) is 3.45. The standard InChI is InChI=1S/C8H8N2S/c1-5-3-7-8(9-4-11-7)10-6(5)2/h3-4H,1-2H3. The van der Waals surface area contributed by atoms with Crippen LogP contribution >= 0.6 is 11.3 Å². The Hall–Kier alpha value is -0.960. The van der Waals surface area contributed by atoms with Crippen molar-refractivity contribution in [2.75, 3.05) is 0 Å². The molecule has 3 heteroatoms. The van der Waals surface area contributed by atoms with E-state index in [0.717, 1.165) is 11.3 Å². The first-order chi connectivity index (χ1) is 5.27. The van der Waals surface area contributed by atoms with E-state index in [1.165, 1.54) is 10.3 Å². The van der Waals surface area contributed by atoms with Crippen LogP contribution in [0.4, 0.5) is 0 Å². The molecule has 0 spiro atoms. The molecule has 56 valence electrons. The van der Waals surface area contributed by atoms with Gasteiger partial charge in [-0.2, -0.15) is 0 Å². The van der Waals surface area contributed by atoms with Crippen molar-refractivity contribution in [3.63, 3.8) is 0 Å². The lowest BCUT2D eigenvalue weighted by Gasteiger charge is -1.95. The third-order valence-electron chi connectivity index (χ3n) is 1.77. The molecular weight excluding hydrogens is 156 g/mol. The van der Waals surface area contributed by atoms with Crippen LogP contribution in [0, 0.1) is 13.8 Å². The summed E-state index contributed by atoms with van der Waals surface area (Å²) in [7, 11) is 0. The number of nitrogens with zero attached hydrogens (tertiary/aromatic N) is 2. The van der Waals surface area contributed by atoms with Gasteiger partial charge < -0.3 is 0 Å². The van der Waals surface area contributed by atoms with Crippen molar-refractivity contribution < 1.29 is 0 Å². The van der Waals surface area contributed by atoms with Crippen LogP contribution in [-0.2, 0) is 0 Å². The number of pyridine rings is 1. The van der Waals surface area contributed by atoms with Crippen LogP contribution in [0.1, 0.15) is 11.3 Å². The van der Waals surface area contributed by atoms with Gasteiger partial charge in [-0.05, 0) is 25.5 Å². The Kier molecular flexibility index (Phi) is 1.39. The quantitative estimate of drug-likeness (QED) is 0.597. The van der Waals surface area contributed by atoms with Crippen LogP contribution in [0.5, 0.6) is 0 Å². The first-order valence-corrected chi connectivity index (χ1v) is 4.33. The molecule has 0 amide bonds. The van der Waals surface area contributed by atoms with E-state index in [1.54, 1.807) is 11.3 Å². The Morgan fingerprint density at radius 1 is 1.36 bits per heavy atom. The number of rotatable bonds is 0. The molecule has 0 aliphatic heterocycles. The van der Waals surface area contributed by atoms with E-state index >= 15 is 0 Å². The molecule has 0 unspecified atom stereocenters. The molecule has 0 fully saturated rings. The summed E-state index contributed by atoms with van der Waals surface area (Å²) in [5.74, 6) is 0. The van der Waals surface area contributed by atoms with E-state index in [2.05, 4.69) is 23.0 Å². The number of hydrogen-bond acceptors (Lipinski definition) is 3. The van der Waals surface area contributed by atoms with Crippen molar-refractivity contribution in [2.45, 2.75) is 13.8 Å². The van der Waals surface area contributed by atoms with Gasteiger partial charge in [-0.25, -0.2) is 9.97 Å². The van der Waals surface area contributed by atoms with Crippen LogP contribution in [-0.4, -0.2) is 9.97 Å². The first-order valence-electron chi connectivity index (χ1n) is 3.45. The maximum Gasteiger partial charge on any atom is 0.170 e. The van der Waals surface area contributed by atoms with Crippen LogP contribution in [0.3, 0.4) is 0 Å². The topological polar surface area (TPSA) is 25.8 Å². The summed E-state index contributed by atoms with van der Waals surface area (Å²) >= 11 is 1.64. The summed E-state index contributed by atoms with van der Waals surface area (Å²) in [4.78, 5) is 8.46. The van der Waals surface area contributed by atoms with Gasteiger partial charge >= 0.3 is 0 Å². The molecule has 2 aromatic rings. The minimum Gasteiger partial charge on any atom is -0.232 e. The summed E-state index contributed by atoms with van der Waals surface area (Å²) in [6, 6.07) is 2.13. The predicted octanol–water partition coefficient (Wildman–Crippen LogP) is 2.31. The van der Waals surface area contributed by atoms with E-state index < -0.39 is 0 Å². The van der Waals surface area contributed by atoms with Crippen LogP contribution in [0.25, 0.3) is 10.3 Å². The average molecular weight is 164 g/mol. The van der Waals surface area contributed by atoms with E-state index in [9.17, 15) is 0 Å². The minimum atomic E-state index is 0.873. The van der Waals surface area contributed by atoms with Gasteiger partial charge in [0.1, 0.15) is 0 Å². The van der Waals surface area contributed by atoms with E-state index in [4.69, 9.17) is 0 Å². The summed E-state index contributed by atoms with van der Waals surface area (Å²) < 4.78 is 1.17. The fourth-order valence-corrected chi connectivity index (χ4v) is 1.69. The highest BCUT2D eigenvalue weighted by molar-refractivity contribution is 7.16. The number of aryl methyl sites for hydroxylation is 2. The molecule has 0 aliphatic carbocycles. The van der Waals surface area contributed by atoms with Crippen molar-refractivity contribution in [1.82, 2.24) is 9.97 Å². The fraction of sp³-hybridized carbons (Fsp3) is 0.250. The van der Waals surface area contributed by atoms with Gasteiger partial charge in [0.05, 0.1) is 10.2 Å². The summed E-state index contributed by atoms with van der Waals surface area (Å²) in [6.07, 6.45) is 0. The molecule has 2 heterocycles. The van der Waals surface area contributed by atoms with Gasteiger partial charge in [-0.3, -0.25) is 0 Å². The summed E-state index contributed by atoms with van der Waals surface area (Å²) in [6.45, 7) is 4.08. The monoisotopic (exact) mass is 164 g/mol. The van der Waals surface area contributed by atoms with Crippen LogP contribution in [0.15, 0.2) is 11.6 Å². The first kappa shape index (κ1) is 6.73. The largest absolute Gasteiger partial charge is 0.232 e. The van der Waals surface area contributed by atoms with Gasteiger partial charge in [0.2, 0.25) is 0 Å². The zero-order valence-corrected chi connectivity index (χ0v) is 7.27. The second kappa shape index (κ2) is 2.27. The Balaban J connectivity index is 2.86. The zero-order chi connectivity index (χ0) is 7.84. The van der Waals surface area contributed by atoms with Gasteiger partial charge in [0.15, 0.2) is 5.65 Å². The minimum absolute atomic E-state index is 0.873. The van der Waals surface area contributed by atoms with Crippen molar-refractivity contribution in [1.29, 1.82) is 0 Å². The molecular formula is C8H8N2S. The highest BCUT2D eigenvalue weighted by Gasteiger charge is 2.00. The SMILES string of the molecule is Cc1cc2scnc2nc1C. The number of aromatic nitrogens is 2. The van der Waals surface area contributed by atoms with Gasteiger partial charge in [0.25, 0.3) is 0 Å². The van der Waals surface area contributed by atoms with Crippen molar-refractivity contribution in [3.05, 3.63) is 22.8 Å². The second-order valence-electron chi connectivity index (χ2n) is 2.56. The number of thiazole rings is 1. The zero-order valence-electron chi connectivity index (χ0n) is 6.46. The molecule has 0 saturated carbocycles. The van der Waals surface area contributed by atoms with Crippen molar-refractivity contribution >= 4 is 21.7 Å². The molecule has 0 radical (unpaired) electrons. The lowest BCUT2D eigenvalue weighted by molar-refractivity contribution is 1.17. The normalized spacial score (nSPS) is 10.7. The fourth-order valence-electron chi connectivity index (χ4n) is 0.980. The highest BCUT2D eigenvalue weighted by atomic mass is 32.1. The molecule has 0 atom stereocenters. The Morgan fingerprint density at radius 3 is 3.00 bits per heavy atom. The van der Waals surface area contributed by atoms with Crippen LogP contribution in [0.2, 0.25) is 0 Å². The van der Waals surface area contributed by atoms with Crippen molar-refractivity contribution in [2.24, 2.45) is 0 Å². The smallest absolute Gasteiger partial charge is 0.170 e. The Morgan fingerprint density at radius 2 is 2.18 bits per heavy atom. The predicted molar refractivity (Wildman–Crippen MR) is 46.9 cm³/mol. The van der Waals surface area contributed by atoms with Gasteiger partial charge in [-0.1, -0.05) is 0 Å². The maximum atomic E-state index is 4.33. The lowest BCUT2D eigenvalue weighted by Crippen LogP contribution is -1.85. The number of hydrogen-bond donors (Lipinski definition) is 0. The van der Waals surface area contributed by atoms with E-state index in [1.807, 2.05) is 12.4 Å². The van der Waals surface area contributed by atoms with E-state index in [-0.39, 0.29) is 0 Å². The molecule has 0 aliphatic rings. The molecule has 0 N–H and O–H groups in total. The Bertz CT molecular complexity index is 356. The Labute approximate surface area is 68.9 Å². The van der Waals surface area contributed by atoms with Gasteiger partial charge in [0, 0.05) is 5.69 Å². The lowest BCUT2D eigenvalue weighted by atomic mass is 10.2. The van der Waals surface area contributed by atoms with E-state index in [0.29, 0.717) is 0 Å². The molecule has 2 aromatic heterocycles. The third-order valence-corrected chi connectivity index (χ3v) is 2.53. The maximum absolute atomic E-state index is 4.33. The summed E-state index contributed by atoms with van der Waals surface area (Å²) in [5.41, 5.74) is 5.01. The number of fused-ring (bicyclic) bond motifs is 1. The van der Waals surface area contributed by atoms with Gasteiger partial charge in [-0.15, -0.1) is 11.3 Å². The highest BCUT2D eigenvalue weighted by Crippen LogP contribution is 2.18. The molecule has 2 nitrogen and oxygen atoms in total. The molecule has 0 saturated heterocycles. The molecule has 2 rings (SSSR count). The third kappa shape index (κ3) is 1.01. The van der Waals surface area contributed by atoms with Crippen LogP contribution < -0.4 is 0 Å². The molecule has 0 bridgehead atoms. The summed E-state index contributed by atoms with van der Waals surface area (Å²) in [5, 5.41) is 0. The molecule has 11 heavy (non-hydrogen) atoms. The average Bonchev–Trinajstić information content (AvgIpc) is 2.36. The molecule has 0 aromatic carbocycles.